The van der Waals surface area contributed by atoms with E-state index >= 15 is 0 Å². The van der Waals surface area contributed by atoms with E-state index in [1.165, 1.54) is 5.01 Å². The summed E-state index contributed by atoms with van der Waals surface area (Å²) in [5, 5.41) is 5.86. The first kappa shape index (κ1) is 12.8. The molecular weight excluding hydrogens is 248 g/mol. The molecule has 0 aromatic heterocycles. The number of hydrazone groups is 1. The third-order valence-electron chi connectivity index (χ3n) is 2.89. The number of carbonyl (C=O) groups is 1. The molecule has 1 aliphatic heterocycles. The highest BCUT2D eigenvalue weighted by Gasteiger charge is 2.29. The summed E-state index contributed by atoms with van der Waals surface area (Å²) in [6, 6.07) is 9.09. The zero-order chi connectivity index (χ0) is 13.0. The second-order valence-corrected chi connectivity index (χ2v) is 4.51. The Morgan fingerprint density at radius 2 is 2.22 bits per heavy atom. The van der Waals surface area contributed by atoms with Crippen LogP contribution in [0.3, 0.4) is 0 Å². The average molecular weight is 263 g/mol. The molecule has 1 aliphatic rings. The number of rotatable bonds is 4. The Labute approximate surface area is 112 Å². The Morgan fingerprint density at radius 3 is 2.83 bits per heavy atom. The quantitative estimate of drug-likeness (QED) is 0.606. The Morgan fingerprint density at radius 1 is 1.50 bits per heavy atom. The number of carbonyl (C=O) groups excluding carboxylic acids is 1. The number of hydrogen-bond acceptors (Lipinski definition) is 2. The molecule has 0 N–H and O–H groups in total. The van der Waals surface area contributed by atoms with Crippen molar-refractivity contribution >= 4 is 23.2 Å². The molecule has 0 bridgehead atoms. The van der Waals surface area contributed by atoms with Gasteiger partial charge in [0.25, 0.3) is 5.91 Å². The molecule has 0 saturated carbocycles. The van der Waals surface area contributed by atoms with E-state index in [1.54, 1.807) is 18.2 Å². The van der Waals surface area contributed by atoms with Crippen molar-refractivity contribution in [1.29, 1.82) is 0 Å². The van der Waals surface area contributed by atoms with E-state index in [9.17, 15) is 4.79 Å². The van der Waals surface area contributed by atoms with Crippen LogP contribution in [0.4, 0.5) is 0 Å². The highest BCUT2D eigenvalue weighted by atomic mass is 35.5. The van der Waals surface area contributed by atoms with Crippen molar-refractivity contribution in [3.63, 3.8) is 0 Å². The number of alkyl halides is 1. The average Bonchev–Trinajstić information content (AvgIpc) is 2.82. The van der Waals surface area contributed by atoms with Crippen LogP contribution < -0.4 is 0 Å². The maximum atomic E-state index is 12.3. The minimum atomic E-state index is -0.0925. The van der Waals surface area contributed by atoms with Crippen LogP contribution in [0.25, 0.3) is 0 Å². The molecule has 0 radical (unpaired) electrons. The van der Waals surface area contributed by atoms with Gasteiger partial charge < -0.3 is 0 Å². The first-order chi connectivity index (χ1) is 8.76. The van der Waals surface area contributed by atoms with Crippen molar-refractivity contribution in [2.24, 2.45) is 5.10 Å². The Kier molecular flexibility index (Phi) is 4.15. The molecule has 1 atom stereocenters. The molecule has 0 saturated heterocycles. The molecule has 1 aromatic carbocycles. The summed E-state index contributed by atoms with van der Waals surface area (Å²) in [6.07, 6.45) is 3.20. The summed E-state index contributed by atoms with van der Waals surface area (Å²) in [6.45, 7) is 3.76. The second-order valence-electron chi connectivity index (χ2n) is 4.13. The van der Waals surface area contributed by atoms with Gasteiger partial charge in [-0.3, -0.25) is 4.79 Å². The molecule has 94 valence electrons. The van der Waals surface area contributed by atoms with E-state index in [0.29, 0.717) is 17.9 Å². The van der Waals surface area contributed by atoms with E-state index in [4.69, 9.17) is 11.6 Å². The van der Waals surface area contributed by atoms with Crippen molar-refractivity contribution in [3.05, 3.63) is 48.6 Å². The number of hydrogen-bond donors (Lipinski definition) is 0. The first-order valence-corrected chi connectivity index (χ1v) is 6.43. The third-order valence-corrected chi connectivity index (χ3v) is 3.08. The van der Waals surface area contributed by atoms with Crippen LogP contribution in [0.5, 0.6) is 0 Å². The van der Waals surface area contributed by atoms with Crippen LogP contribution in [0.2, 0.25) is 0 Å². The van der Waals surface area contributed by atoms with Gasteiger partial charge in [0.1, 0.15) is 0 Å². The summed E-state index contributed by atoms with van der Waals surface area (Å²) in [4.78, 5) is 12.3. The van der Waals surface area contributed by atoms with Gasteiger partial charge in [0, 0.05) is 30.0 Å². The lowest BCUT2D eigenvalue weighted by Crippen LogP contribution is -2.31. The van der Waals surface area contributed by atoms with Crippen LogP contribution in [0.15, 0.2) is 48.1 Å². The van der Waals surface area contributed by atoms with E-state index in [1.807, 2.05) is 18.2 Å². The minimum absolute atomic E-state index is 0.0593. The van der Waals surface area contributed by atoms with Gasteiger partial charge in [-0.05, 0) is 12.1 Å². The third kappa shape index (κ3) is 2.62. The molecule has 1 aromatic rings. The Bertz CT molecular complexity index is 470. The Balaban J connectivity index is 2.20. The van der Waals surface area contributed by atoms with Gasteiger partial charge in [0.05, 0.1) is 6.04 Å². The van der Waals surface area contributed by atoms with Crippen LogP contribution in [-0.4, -0.2) is 28.5 Å². The molecule has 2 rings (SSSR count). The van der Waals surface area contributed by atoms with Crippen LogP contribution in [0, 0.1) is 0 Å². The van der Waals surface area contributed by atoms with E-state index in [2.05, 4.69) is 11.7 Å². The lowest BCUT2D eigenvalue weighted by molar-refractivity contribution is 0.0742. The zero-order valence-corrected chi connectivity index (χ0v) is 10.8. The SMILES string of the molecule is C=CC1CC(CCCl)=NN1C(=O)c1ccccc1. The highest BCUT2D eigenvalue weighted by molar-refractivity contribution is 6.19. The fourth-order valence-electron chi connectivity index (χ4n) is 1.95. The zero-order valence-electron chi connectivity index (χ0n) is 10.1. The lowest BCUT2D eigenvalue weighted by atomic mass is 10.1. The predicted octanol–water partition coefficient (Wildman–Crippen LogP) is 3.07. The normalized spacial score (nSPS) is 18.6. The number of nitrogens with zero attached hydrogens (tertiary/aromatic N) is 2. The molecule has 0 fully saturated rings. The van der Waals surface area contributed by atoms with E-state index in [0.717, 1.165) is 12.1 Å². The lowest BCUT2D eigenvalue weighted by Gasteiger charge is -2.18. The van der Waals surface area contributed by atoms with Crippen molar-refractivity contribution in [2.45, 2.75) is 18.9 Å². The number of amides is 1. The van der Waals surface area contributed by atoms with E-state index < -0.39 is 0 Å². The van der Waals surface area contributed by atoms with E-state index in [-0.39, 0.29) is 11.9 Å². The Hall–Kier alpha value is -1.61. The van der Waals surface area contributed by atoms with Gasteiger partial charge in [-0.2, -0.15) is 5.10 Å². The predicted molar refractivity (Wildman–Crippen MR) is 74.0 cm³/mol. The van der Waals surface area contributed by atoms with Gasteiger partial charge in [-0.1, -0.05) is 24.3 Å². The maximum Gasteiger partial charge on any atom is 0.274 e. The van der Waals surface area contributed by atoms with Crippen LogP contribution in [-0.2, 0) is 0 Å². The van der Waals surface area contributed by atoms with Crippen molar-refractivity contribution in [2.75, 3.05) is 5.88 Å². The molecule has 1 amide bonds. The van der Waals surface area contributed by atoms with Crippen LogP contribution >= 0.6 is 11.6 Å². The summed E-state index contributed by atoms with van der Waals surface area (Å²) in [5.41, 5.74) is 1.60. The molecule has 1 unspecified atom stereocenters. The van der Waals surface area contributed by atoms with Crippen molar-refractivity contribution in [1.82, 2.24) is 5.01 Å². The van der Waals surface area contributed by atoms with Gasteiger partial charge in [0.2, 0.25) is 0 Å². The van der Waals surface area contributed by atoms with Gasteiger partial charge in [0.15, 0.2) is 0 Å². The summed E-state index contributed by atoms with van der Waals surface area (Å²) >= 11 is 5.71. The minimum Gasteiger partial charge on any atom is -0.267 e. The molecule has 3 nitrogen and oxygen atoms in total. The highest BCUT2D eigenvalue weighted by Crippen LogP contribution is 2.21. The number of benzene rings is 1. The van der Waals surface area contributed by atoms with Gasteiger partial charge in [-0.25, -0.2) is 5.01 Å². The summed E-state index contributed by atoms with van der Waals surface area (Å²) in [7, 11) is 0. The van der Waals surface area contributed by atoms with Crippen molar-refractivity contribution < 1.29 is 4.79 Å². The summed E-state index contributed by atoms with van der Waals surface area (Å²) in [5.74, 6) is 0.431. The second kappa shape index (κ2) is 5.83. The maximum absolute atomic E-state index is 12.3. The molecule has 0 aliphatic carbocycles. The monoisotopic (exact) mass is 262 g/mol. The van der Waals surface area contributed by atoms with Crippen molar-refractivity contribution in [3.8, 4) is 0 Å². The largest absolute Gasteiger partial charge is 0.274 e. The molecule has 1 heterocycles. The molecule has 0 spiro atoms. The van der Waals surface area contributed by atoms with Gasteiger partial charge >= 0.3 is 0 Å². The summed E-state index contributed by atoms with van der Waals surface area (Å²) < 4.78 is 0. The molecule has 4 heteroatoms. The standard InChI is InChI=1S/C14H15ClN2O/c1-2-13-10-12(8-9-15)16-17(13)14(18)11-6-4-3-5-7-11/h2-7,13H,1,8-10H2. The number of halogens is 1. The van der Waals surface area contributed by atoms with Gasteiger partial charge in [-0.15, -0.1) is 18.2 Å². The fourth-order valence-corrected chi connectivity index (χ4v) is 2.17. The first-order valence-electron chi connectivity index (χ1n) is 5.89. The molecular formula is C14H15ClN2O. The smallest absolute Gasteiger partial charge is 0.267 e. The fraction of sp³-hybridized carbons (Fsp3) is 0.286. The van der Waals surface area contributed by atoms with Crippen LogP contribution in [0.1, 0.15) is 23.2 Å². The topological polar surface area (TPSA) is 32.7 Å². The molecule has 18 heavy (non-hydrogen) atoms.